The molecule has 0 bridgehead atoms. The molecule has 10 heteroatoms. The number of benzene rings is 2. The van der Waals surface area contributed by atoms with Crippen molar-refractivity contribution in [1.29, 1.82) is 0 Å². The second-order valence-corrected chi connectivity index (χ2v) is 8.34. The quantitative estimate of drug-likeness (QED) is 0.565. The van der Waals surface area contributed by atoms with Crippen molar-refractivity contribution in [3.8, 4) is 17.2 Å². The van der Waals surface area contributed by atoms with E-state index in [4.69, 9.17) is 28.4 Å². The van der Waals surface area contributed by atoms with Gasteiger partial charge in [-0.25, -0.2) is 0 Å². The topological polar surface area (TPSA) is 122 Å². The van der Waals surface area contributed by atoms with Gasteiger partial charge < -0.3 is 38.8 Å². The molecular formula is C25H29NO9. The Morgan fingerprint density at radius 1 is 1.03 bits per heavy atom. The van der Waals surface area contributed by atoms with Crippen LogP contribution in [0.4, 0.5) is 0 Å². The van der Waals surface area contributed by atoms with Crippen LogP contribution in [0.2, 0.25) is 0 Å². The van der Waals surface area contributed by atoms with Gasteiger partial charge >= 0.3 is 0 Å². The van der Waals surface area contributed by atoms with Crippen molar-refractivity contribution in [3.63, 3.8) is 0 Å². The molecule has 2 saturated heterocycles. The predicted octanol–water partition coefficient (Wildman–Crippen LogP) is 1.99. The smallest absolute Gasteiger partial charge is 0.223 e. The molecule has 2 aliphatic heterocycles. The van der Waals surface area contributed by atoms with Crippen LogP contribution < -0.4 is 19.5 Å². The molecule has 4 rings (SSSR count). The third-order valence-corrected chi connectivity index (χ3v) is 5.91. The molecule has 35 heavy (non-hydrogen) atoms. The largest absolute Gasteiger partial charge is 0.493 e. The number of rotatable bonds is 7. The van der Waals surface area contributed by atoms with Crippen molar-refractivity contribution < 1.29 is 43.1 Å². The molecule has 10 nitrogen and oxygen atoms in total. The summed E-state index contributed by atoms with van der Waals surface area (Å²) in [6, 6.07) is 10.9. The van der Waals surface area contributed by atoms with Gasteiger partial charge in [0.15, 0.2) is 23.6 Å². The van der Waals surface area contributed by atoms with Gasteiger partial charge in [-0.15, -0.1) is 0 Å². The number of carbonyl (C=O) groups excluding carboxylic acids is 2. The van der Waals surface area contributed by atoms with Gasteiger partial charge in [0, 0.05) is 18.1 Å². The van der Waals surface area contributed by atoms with Gasteiger partial charge in [0.1, 0.15) is 30.1 Å². The summed E-state index contributed by atoms with van der Waals surface area (Å²) >= 11 is 0. The van der Waals surface area contributed by atoms with Gasteiger partial charge in [0.05, 0.1) is 20.8 Å². The first kappa shape index (κ1) is 24.9. The zero-order valence-electron chi connectivity index (χ0n) is 19.9. The highest BCUT2D eigenvalue weighted by molar-refractivity contribution is 5.94. The van der Waals surface area contributed by atoms with Crippen LogP contribution in [-0.2, 0) is 19.0 Å². The number of hydrogen-bond donors (Lipinski definition) is 2. The van der Waals surface area contributed by atoms with Gasteiger partial charge in [0.2, 0.25) is 12.2 Å². The molecule has 1 amide bonds. The van der Waals surface area contributed by atoms with Crippen molar-refractivity contribution >= 4 is 11.7 Å². The van der Waals surface area contributed by atoms with Gasteiger partial charge in [-0.05, 0) is 31.2 Å². The van der Waals surface area contributed by atoms with Crippen molar-refractivity contribution in [2.45, 2.75) is 50.8 Å². The number of aliphatic hydroxyl groups is 1. The number of Topliss-reactive ketones (excluding diaryl/α,β-unsaturated/α-hetero) is 1. The summed E-state index contributed by atoms with van der Waals surface area (Å²) in [5.41, 5.74) is 1.14. The van der Waals surface area contributed by atoms with Crippen LogP contribution in [0.5, 0.6) is 17.2 Å². The van der Waals surface area contributed by atoms with E-state index in [-0.39, 0.29) is 18.3 Å². The molecule has 2 N–H and O–H groups in total. The standard InChI is InChI=1S/C25H29NO9/c1-13(27)15-6-5-7-17(10-15)33-25-21(26-14(2)28)22(29)23-20(34-25)12-32-24(35-23)16-8-9-18(30-3)19(11-16)31-4/h5-11,20-25,29H,12H2,1-4H3,(H,26,28). The number of fused-ring (bicyclic) bond motifs is 1. The zero-order chi connectivity index (χ0) is 25.1. The number of amides is 1. The minimum absolute atomic E-state index is 0.112. The van der Waals surface area contributed by atoms with Gasteiger partial charge in [-0.1, -0.05) is 18.2 Å². The second kappa shape index (κ2) is 10.6. The predicted molar refractivity (Wildman–Crippen MR) is 122 cm³/mol. The van der Waals surface area contributed by atoms with Gasteiger partial charge in [-0.3, -0.25) is 9.59 Å². The lowest BCUT2D eigenvalue weighted by Crippen LogP contribution is -2.67. The average molecular weight is 488 g/mol. The number of methoxy groups -OCH3 is 2. The Bertz CT molecular complexity index is 1070. The third-order valence-electron chi connectivity index (χ3n) is 5.91. The normalized spacial score (nSPS) is 27.9. The minimum atomic E-state index is -1.16. The fraction of sp³-hybridized carbons (Fsp3) is 0.440. The molecular weight excluding hydrogens is 458 g/mol. The van der Waals surface area contributed by atoms with Crippen LogP contribution in [0, 0.1) is 0 Å². The third kappa shape index (κ3) is 5.40. The summed E-state index contributed by atoms with van der Waals surface area (Å²) in [6.45, 7) is 2.90. The highest BCUT2D eigenvalue weighted by atomic mass is 16.7. The lowest BCUT2D eigenvalue weighted by Gasteiger charge is -2.47. The number of hydrogen-bond acceptors (Lipinski definition) is 9. The van der Waals surface area contributed by atoms with Crippen molar-refractivity contribution in [2.24, 2.45) is 0 Å². The molecule has 2 fully saturated rings. The van der Waals surface area contributed by atoms with Gasteiger partial charge in [0.25, 0.3) is 0 Å². The summed E-state index contributed by atoms with van der Waals surface area (Å²) in [4.78, 5) is 23.6. The average Bonchev–Trinajstić information content (AvgIpc) is 2.85. The van der Waals surface area contributed by atoms with Crippen LogP contribution in [0.15, 0.2) is 42.5 Å². The van der Waals surface area contributed by atoms with Crippen LogP contribution in [0.1, 0.15) is 36.1 Å². The maximum absolute atomic E-state index is 11.9. The van der Waals surface area contributed by atoms with E-state index in [2.05, 4.69) is 5.32 Å². The molecule has 6 unspecified atom stereocenters. The maximum atomic E-state index is 11.9. The Kier molecular flexibility index (Phi) is 7.56. The van der Waals surface area contributed by atoms with Crippen molar-refractivity contribution in [2.75, 3.05) is 20.8 Å². The molecule has 6 atom stereocenters. The monoisotopic (exact) mass is 487 g/mol. The first-order valence-electron chi connectivity index (χ1n) is 11.2. The first-order chi connectivity index (χ1) is 16.8. The molecule has 2 aliphatic rings. The lowest BCUT2D eigenvalue weighted by molar-refractivity contribution is -0.333. The van der Waals surface area contributed by atoms with E-state index in [9.17, 15) is 14.7 Å². The van der Waals surface area contributed by atoms with Crippen LogP contribution in [0.25, 0.3) is 0 Å². The van der Waals surface area contributed by atoms with Crippen LogP contribution in [0.3, 0.4) is 0 Å². The molecule has 2 heterocycles. The summed E-state index contributed by atoms with van der Waals surface area (Å²) in [5, 5.41) is 13.9. The Balaban J connectivity index is 1.54. The Labute approximate surface area is 203 Å². The zero-order valence-corrected chi connectivity index (χ0v) is 19.9. The summed E-state index contributed by atoms with van der Waals surface area (Å²) in [7, 11) is 3.08. The molecule has 0 radical (unpaired) electrons. The van der Waals surface area contributed by atoms with Crippen molar-refractivity contribution in [1.82, 2.24) is 5.32 Å². The molecule has 0 aliphatic carbocycles. The molecule has 188 valence electrons. The fourth-order valence-corrected chi connectivity index (χ4v) is 4.17. The van der Waals surface area contributed by atoms with Crippen molar-refractivity contribution in [3.05, 3.63) is 53.6 Å². The Hall–Kier alpha value is -3.18. The van der Waals surface area contributed by atoms with E-state index in [0.717, 1.165) is 0 Å². The summed E-state index contributed by atoms with van der Waals surface area (Å²) in [6.07, 6.45) is -4.46. The molecule has 0 saturated carbocycles. The highest BCUT2D eigenvalue weighted by Gasteiger charge is 2.50. The number of carbonyl (C=O) groups is 2. The molecule has 2 aromatic carbocycles. The number of aliphatic hydroxyl groups excluding tert-OH is 1. The van der Waals surface area contributed by atoms with E-state index in [1.165, 1.54) is 21.0 Å². The Morgan fingerprint density at radius 3 is 2.49 bits per heavy atom. The summed E-state index contributed by atoms with van der Waals surface area (Å²) in [5.74, 6) is 0.951. The number of ketones is 1. The van der Waals surface area contributed by atoms with Gasteiger partial charge in [-0.2, -0.15) is 0 Å². The minimum Gasteiger partial charge on any atom is -0.493 e. The molecule has 2 aromatic rings. The highest BCUT2D eigenvalue weighted by Crippen LogP contribution is 2.37. The van der Waals surface area contributed by atoms with E-state index < -0.39 is 36.9 Å². The molecule has 0 spiro atoms. The van der Waals surface area contributed by atoms with E-state index >= 15 is 0 Å². The van der Waals surface area contributed by atoms with Crippen LogP contribution >= 0.6 is 0 Å². The van der Waals surface area contributed by atoms with E-state index in [1.807, 2.05) is 0 Å². The fourth-order valence-electron chi connectivity index (χ4n) is 4.17. The second-order valence-electron chi connectivity index (χ2n) is 8.34. The number of ether oxygens (including phenoxy) is 6. The Morgan fingerprint density at radius 2 is 1.80 bits per heavy atom. The summed E-state index contributed by atoms with van der Waals surface area (Å²) < 4.78 is 34.6. The SMILES string of the molecule is COc1ccc(C2OCC3OC(Oc4cccc(C(C)=O)c4)C(NC(C)=O)C(O)C3O2)cc1OC. The first-order valence-corrected chi connectivity index (χ1v) is 11.2. The van der Waals surface area contributed by atoms with E-state index in [1.54, 1.807) is 49.6 Å². The maximum Gasteiger partial charge on any atom is 0.223 e. The van der Waals surface area contributed by atoms with Crippen LogP contribution in [-0.4, -0.2) is 68.3 Å². The number of nitrogens with one attached hydrogen (secondary N) is 1. The van der Waals surface area contributed by atoms with E-state index in [0.29, 0.717) is 28.4 Å². The lowest BCUT2D eigenvalue weighted by atomic mass is 9.95. The molecule has 0 aromatic heterocycles.